The van der Waals surface area contributed by atoms with Gasteiger partial charge in [-0.05, 0) is 18.1 Å². The maximum atomic E-state index is 11.8. The minimum Gasteiger partial charge on any atom is -0.480 e. The number of carboxylic acid groups (broad SMARTS) is 1. The van der Waals surface area contributed by atoms with Crippen molar-refractivity contribution in [3.63, 3.8) is 0 Å². The van der Waals surface area contributed by atoms with E-state index >= 15 is 0 Å². The topological polar surface area (TPSA) is 137 Å². The van der Waals surface area contributed by atoms with Crippen molar-refractivity contribution in [1.82, 2.24) is 20.9 Å². The lowest BCUT2D eigenvalue weighted by Crippen LogP contribution is -2.49. The molecule has 0 aliphatic rings. The van der Waals surface area contributed by atoms with Gasteiger partial charge in [0, 0.05) is 12.4 Å². The lowest BCUT2D eigenvalue weighted by Gasteiger charge is -2.20. The molecule has 0 aliphatic heterocycles. The summed E-state index contributed by atoms with van der Waals surface area (Å²) in [5.74, 6) is -3.01. The molecular weight excluding hydrogens is 328 g/mol. The molecule has 136 valence electrons. The fourth-order valence-electron chi connectivity index (χ4n) is 1.91. The number of amides is 3. The van der Waals surface area contributed by atoms with E-state index in [1.54, 1.807) is 19.1 Å². The predicted molar refractivity (Wildman–Crippen MR) is 88.6 cm³/mol. The summed E-state index contributed by atoms with van der Waals surface area (Å²) in [5, 5.41) is 16.2. The molecule has 0 saturated carbocycles. The Kier molecular flexibility index (Phi) is 8.04. The number of pyridine rings is 1. The molecule has 1 heterocycles. The van der Waals surface area contributed by atoms with Gasteiger partial charge in [-0.15, -0.1) is 0 Å². The van der Waals surface area contributed by atoms with Gasteiger partial charge < -0.3 is 21.1 Å². The number of carbonyl (C=O) groups excluding carboxylic acids is 3. The number of aliphatic carboxylic acids is 1. The molecule has 0 spiro atoms. The number of hydrogen-bond acceptors (Lipinski definition) is 5. The molecular formula is C16H22N4O5. The zero-order valence-electron chi connectivity index (χ0n) is 14.1. The maximum absolute atomic E-state index is 11.8. The number of hydrogen-bond donors (Lipinski definition) is 4. The second-order valence-corrected chi connectivity index (χ2v) is 5.47. The second-order valence-electron chi connectivity index (χ2n) is 5.47. The Morgan fingerprint density at radius 1 is 1.16 bits per heavy atom. The van der Waals surface area contributed by atoms with Crippen molar-refractivity contribution in [2.75, 3.05) is 13.1 Å². The van der Waals surface area contributed by atoms with Gasteiger partial charge in [0.15, 0.2) is 0 Å². The smallest absolute Gasteiger partial charge is 0.326 e. The van der Waals surface area contributed by atoms with Crippen molar-refractivity contribution in [2.45, 2.75) is 26.3 Å². The molecule has 9 heteroatoms. The van der Waals surface area contributed by atoms with Gasteiger partial charge in [-0.1, -0.05) is 20.3 Å². The average molecular weight is 350 g/mol. The molecule has 1 aromatic rings. The van der Waals surface area contributed by atoms with Gasteiger partial charge in [0.2, 0.25) is 11.8 Å². The van der Waals surface area contributed by atoms with E-state index in [9.17, 15) is 19.2 Å². The third-order valence-electron chi connectivity index (χ3n) is 3.57. The van der Waals surface area contributed by atoms with E-state index in [1.807, 2.05) is 6.92 Å². The lowest BCUT2D eigenvalue weighted by atomic mass is 9.99. The van der Waals surface area contributed by atoms with E-state index in [0.29, 0.717) is 12.0 Å². The summed E-state index contributed by atoms with van der Waals surface area (Å²) in [7, 11) is 0. The number of rotatable bonds is 9. The molecule has 0 radical (unpaired) electrons. The highest BCUT2D eigenvalue weighted by Gasteiger charge is 2.25. The van der Waals surface area contributed by atoms with Gasteiger partial charge in [-0.3, -0.25) is 19.4 Å². The molecule has 0 aromatic carbocycles. The molecule has 2 atom stereocenters. The third kappa shape index (κ3) is 6.98. The summed E-state index contributed by atoms with van der Waals surface area (Å²) in [4.78, 5) is 50.1. The number of nitrogens with zero attached hydrogens (tertiary/aromatic N) is 1. The molecule has 1 rings (SSSR count). The van der Waals surface area contributed by atoms with Gasteiger partial charge in [-0.25, -0.2) is 4.79 Å². The van der Waals surface area contributed by atoms with Crippen LogP contribution < -0.4 is 16.0 Å². The Hall–Kier alpha value is -2.97. The van der Waals surface area contributed by atoms with Crippen LogP contribution in [0.4, 0.5) is 0 Å². The molecule has 9 nitrogen and oxygen atoms in total. The molecule has 4 N–H and O–H groups in total. The summed E-state index contributed by atoms with van der Waals surface area (Å²) in [6.45, 7) is 2.85. The van der Waals surface area contributed by atoms with Gasteiger partial charge >= 0.3 is 5.97 Å². The highest BCUT2D eigenvalue weighted by atomic mass is 16.4. The monoisotopic (exact) mass is 350 g/mol. The van der Waals surface area contributed by atoms with Crippen LogP contribution in [0.3, 0.4) is 0 Å². The van der Waals surface area contributed by atoms with Gasteiger partial charge in [0.25, 0.3) is 5.91 Å². The fraction of sp³-hybridized carbons (Fsp3) is 0.438. The number of carboxylic acids is 1. The van der Waals surface area contributed by atoms with Crippen molar-refractivity contribution < 1.29 is 24.3 Å². The molecule has 0 saturated heterocycles. The largest absolute Gasteiger partial charge is 0.480 e. The Balaban J connectivity index is 2.36. The van der Waals surface area contributed by atoms with Crippen molar-refractivity contribution in [2.24, 2.45) is 5.92 Å². The van der Waals surface area contributed by atoms with E-state index in [2.05, 4.69) is 20.9 Å². The predicted octanol–water partition coefficient (Wildman–Crippen LogP) is -0.457. The van der Waals surface area contributed by atoms with E-state index in [1.165, 1.54) is 12.4 Å². The molecule has 0 aliphatic carbocycles. The Bertz CT molecular complexity index is 620. The molecule has 1 aromatic heterocycles. The Labute approximate surface area is 145 Å². The van der Waals surface area contributed by atoms with Crippen LogP contribution in [0.2, 0.25) is 0 Å². The van der Waals surface area contributed by atoms with E-state index in [-0.39, 0.29) is 19.0 Å². The van der Waals surface area contributed by atoms with E-state index < -0.39 is 29.7 Å². The average Bonchev–Trinajstić information content (AvgIpc) is 2.62. The highest BCUT2D eigenvalue weighted by molar-refractivity contribution is 5.96. The Morgan fingerprint density at radius 2 is 1.84 bits per heavy atom. The summed E-state index contributed by atoms with van der Waals surface area (Å²) in [5.41, 5.74) is 0.311. The van der Waals surface area contributed by atoms with Crippen LogP contribution in [0.25, 0.3) is 0 Å². The van der Waals surface area contributed by atoms with E-state index in [4.69, 9.17) is 5.11 Å². The molecule has 1 unspecified atom stereocenters. The first-order valence-electron chi connectivity index (χ1n) is 7.82. The van der Waals surface area contributed by atoms with Crippen molar-refractivity contribution in [1.29, 1.82) is 0 Å². The van der Waals surface area contributed by atoms with E-state index in [0.717, 1.165) is 0 Å². The van der Waals surface area contributed by atoms with Crippen LogP contribution in [-0.2, 0) is 14.4 Å². The van der Waals surface area contributed by atoms with Crippen LogP contribution >= 0.6 is 0 Å². The fourth-order valence-corrected chi connectivity index (χ4v) is 1.91. The number of aromatic nitrogens is 1. The van der Waals surface area contributed by atoms with Crippen LogP contribution in [-0.4, -0.2) is 52.9 Å². The standard InChI is InChI=1S/C16H22N4O5/c1-3-10(2)14(16(24)25)20-13(22)9-18-12(21)8-19-15(23)11-5-4-6-17-7-11/h4-7,10,14H,3,8-9H2,1-2H3,(H,18,21)(H,19,23)(H,20,22)(H,24,25)/t10?,14-/m0/s1. The summed E-state index contributed by atoms with van der Waals surface area (Å²) >= 11 is 0. The molecule has 0 fully saturated rings. The second kappa shape index (κ2) is 10.0. The van der Waals surface area contributed by atoms with Crippen LogP contribution in [0, 0.1) is 5.92 Å². The van der Waals surface area contributed by atoms with Crippen LogP contribution in [0.5, 0.6) is 0 Å². The zero-order valence-corrected chi connectivity index (χ0v) is 14.1. The minimum absolute atomic E-state index is 0.240. The number of carbonyl (C=O) groups is 4. The van der Waals surface area contributed by atoms with Crippen LogP contribution in [0.15, 0.2) is 24.5 Å². The summed E-state index contributed by atoms with van der Waals surface area (Å²) in [6, 6.07) is 2.13. The first kappa shape index (κ1) is 20.1. The summed E-state index contributed by atoms with van der Waals surface area (Å²) < 4.78 is 0. The normalized spacial score (nSPS) is 12.6. The first-order valence-corrected chi connectivity index (χ1v) is 7.82. The van der Waals surface area contributed by atoms with Gasteiger partial charge in [0.1, 0.15) is 6.04 Å². The van der Waals surface area contributed by atoms with Crippen molar-refractivity contribution in [3.05, 3.63) is 30.1 Å². The number of nitrogens with one attached hydrogen (secondary N) is 3. The molecule has 25 heavy (non-hydrogen) atoms. The highest BCUT2D eigenvalue weighted by Crippen LogP contribution is 2.07. The Morgan fingerprint density at radius 3 is 2.40 bits per heavy atom. The lowest BCUT2D eigenvalue weighted by molar-refractivity contribution is -0.143. The van der Waals surface area contributed by atoms with Gasteiger partial charge in [-0.2, -0.15) is 0 Å². The first-order chi connectivity index (χ1) is 11.8. The third-order valence-corrected chi connectivity index (χ3v) is 3.57. The molecule has 0 bridgehead atoms. The van der Waals surface area contributed by atoms with Crippen molar-refractivity contribution >= 4 is 23.7 Å². The van der Waals surface area contributed by atoms with Crippen molar-refractivity contribution in [3.8, 4) is 0 Å². The minimum atomic E-state index is -1.13. The van der Waals surface area contributed by atoms with Crippen LogP contribution in [0.1, 0.15) is 30.6 Å². The van der Waals surface area contributed by atoms with Gasteiger partial charge in [0.05, 0.1) is 18.7 Å². The zero-order chi connectivity index (χ0) is 18.8. The SMILES string of the molecule is CCC(C)[C@H](NC(=O)CNC(=O)CNC(=O)c1cccnc1)C(=O)O. The summed E-state index contributed by atoms with van der Waals surface area (Å²) in [6.07, 6.45) is 3.47. The quantitative estimate of drug-likeness (QED) is 0.476. The molecule has 3 amide bonds. The maximum Gasteiger partial charge on any atom is 0.326 e.